The summed E-state index contributed by atoms with van der Waals surface area (Å²) < 4.78 is 27.6. The van der Waals surface area contributed by atoms with Crippen LogP contribution in [0.15, 0.2) is 23.1 Å². The van der Waals surface area contributed by atoms with E-state index in [0.717, 1.165) is 0 Å². The van der Waals surface area contributed by atoms with Crippen LogP contribution in [0.2, 0.25) is 0 Å². The van der Waals surface area contributed by atoms with Gasteiger partial charge in [-0.15, -0.1) is 0 Å². The molecule has 19 heavy (non-hydrogen) atoms. The fourth-order valence-electron chi connectivity index (χ4n) is 1.45. The van der Waals surface area contributed by atoms with Gasteiger partial charge in [0, 0.05) is 5.69 Å². The quantitative estimate of drug-likeness (QED) is 0.882. The van der Waals surface area contributed by atoms with Gasteiger partial charge in [0.15, 0.2) is 0 Å². The van der Waals surface area contributed by atoms with Gasteiger partial charge in [-0.25, -0.2) is 18.4 Å². The van der Waals surface area contributed by atoms with E-state index in [0.29, 0.717) is 17.9 Å². The molecule has 0 aliphatic heterocycles. The van der Waals surface area contributed by atoms with Crippen LogP contribution in [0.5, 0.6) is 0 Å². The third kappa shape index (κ3) is 4.53. The predicted molar refractivity (Wildman–Crippen MR) is 72.4 cm³/mol. The molecule has 0 bridgehead atoms. The lowest BCUT2D eigenvalue weighted by molar-refractivity contribution is 0.147. The molecule has 0 spiro atoms. The Balaban J connectivity index is 2.89. The maximum atomic E-state index is 11.5. The molecule has 1 amide bonds. The van der Waals surface area contributed by atoms with E-state index >= 15 is 0 Å². The zero-order valence-electron chi connectivity index (χ0n) is 11.1. The van der Waals surface area contributed by atoms with Gasteiger partial charge in [0.25, 0.3) is 0 Å². The Kier molecular flexibility index (Phi) is 4.90. The van der Waals surface area contributed by atoms with Crippen molar-refractivity contribution in [1.82, 2.24) is 0 Å². The van der Waals surface area contributed by atoms with Crippen LogP contribution >= 0.6 is 0 Å². The molecule has 7 heteroatoms. The molecule has 1 rings (SSSR count). The van der Waals surface area contributed by atoms with Crippen molar-refractivity contribution >= 4 is 21.8 Å². The van der Waals surface area contributed by atoms with Gasteiger partial charge in [-0.05, 0) is 30.5 Å². The van der Waals surface area contributed by atoms with E-state index in [-0.39, 0.29) is 10.8 Å². The fourth-order valence-corrected chi connectivity index (χ4v) is 2.25. The number of carbonyl (C=O) groups excluding carboxylic acids is 1. The number of amides is 1. The van der Waals surface area contributed by atoms with E-state index in [2.05, 4.69) is 5.32 Å². The standard InChI is InChI=1S/C12H18N2O4S/c1-8(2)7-18-12(15)14-10-5-4-6-11(9(10)3)19(13,16)17/h4-6,8H,7H2,1-3H3,(H,14,15)(H2,13,16,17). The SMILES string of the molecule is Cc1c(NC(=O)OCC(C)C)cccc1S(N)(=O)=O. The van der Waals surface area contributed by atoms with Gasteiger partial charge in [0.2, 0.25) is 10.0 Å². The van der Waals surface area contributed by atoms with Crippen LogP contribution in [0.1, 0.15) is 19.4 Å². The first-order valence-electron chi connectivity index (χ1n) is 5.78. The average Bonchev–Trinajstić information content (AvgIpc) is 2.27. The number of nitrogens with one attached hydrogen (secondary N) is 1. The zero-order chi connectivity index (χ0) is 14.6. The van der Waals surface area contributed by atoms with Crippen LogP contribution in [0.4, 0.5) is 10.5 Å². The summed E-state index contributed by atoms with van der Waals surface area (Å²) >= 11 is 0. The van der Waals surface area contributed by atoms with Crippen molar-refractivity contribution in [3.05, 3.63) is 23.8 Å². The van der Waals surface area contributed by atoms with E-state index in [1.54, 1.807) is 13.0 Å². The van der Waals surface area contributed by atoms with Gasteiger partial charge in [0.05, 0.1) is 11.5 Å². The van der Waals surface area contributed by atoms with Crippen molar-refractivity contribution in [3.8, 4) is 0 Å². The highest BCUT2D eigenvalue weighted by atomic mass is 32.2. The first-order chi connectivity index (χ1) is 8.71. The van der Waals surface area contributed by atoms with Gasteiger partial charge in [0.1, 0.15) is 0 Å². The Hall–Kier alpha value is -1.60. The summed E-state index contributed by atoms with van der Waals surface area (Å²) in [5.74, 6) is 0.225. The second-order valence-electron chi connectivity index (χ2n) is 4.59. The maximum absolute atomic E-state index is 11.5. The zero-order valence-corrected chi connectivity index (χ0v) is 12.0. The Bertz CT molecular complexity index is 567. The third-order valence-corrected chi connectivity index (χ3v) is 3.43. The summed E-state index contributed by atoms with van der Waals surface area (Å²) in [6.07, 6.45) is -0.622. The highest BCUT2D eigenvalue weighted by Crippen LogP contribution is 2.22. The summed E-state index contributed by atoms with van der Waals surface area (Å²) in [4.78, 5) is 11.5. The Morgan fingerprint density at radius 2 is 2.05 bits per heavy atom. The number of primary sulfonamides is 1. The van der Waals surface area contributed by atoms with Crippen molar-refractivity contribution in [2.24, 2.45) is 11.1 Å². The van der Waals surface area contributed by atoms with E-state index in [1.165, 1.54) is 12.1 Å². The minimum atomic E-state index is -3.81. The molecule has 0 aromatic heterocycles. The molecule has 0 radical (unpaired) electrons. The second-order valence-corrected chi connectivity index (χ2v) is 6.12. The van der Waals surface area contributed by atoms with Crippen LogP contribution in [-0.2, 0) is 14.8 Å². The lowest BCUT2D eigenvalue weighted by Crippen LogP contribution is -2.19. The predicted octanol–water partition coefficient (Wildman–Crippen LogP) is 1.85. The number of ether oxygens (including phenoxy) is 1. The van der Waals surface area contributed by atoms with Crippen LogP contribution in [-0.4, -0.2) is 21.1 Å². The smallest absolute Gasteiger partial charge is 0.411 e. The van der Waals surface area contributed by atoms with Gasteiger partial charge in [-0.2, -0.15) is 0 Å². The molecule has 3 N–H and O–H groups in total. The normalized spacial score (nSPS) is 11.4. The summed E-state index contributed by atoms with van der Waals surface area (Å²) in [7, 11) is -3.81. The summed E-state index contributed by atoms with van der Waals surface area (Å²) in [5, 5.41) is 7.58. The summed E-state index contributed by atoms with van der Waals surface area (Å²) in [6.45, 7) is 5.69. The maximum Gasteiger partial charge on any atom is 0.411 e. The lowest BCUT2D eigenvalue weighted by atomic mass is 10.2. The topological polar surface area (TPSA) is 98.5 Å². The number of carbonyl (C=O) groups is 1. The minimum absolute atomic E-state index is 0.0193. The Morgan fingerprint density at radius 1 is 1.42 bits per heavy atom. The Labute approximate surface area is 113 Å². The number of rotatable bonds is 4. The van der Waals surface area contributed by atoms with E-state index in [9.17, 15) is 13.2 Å². The van der Waals surface area contributed by atoms with Gasteiger partial charge in [-0.3, -0.25) is 5.32 Å². The van der Waals surface area contributed by atoms with Crippen molar-refractivity contribution in [2.45, 2.75) is 25.7 Å². The van der Waals surface area contributed by atoms with Crippen LogP contribution < -0.4 is 10.5 Å². The number of hydrogen-bond donors (Lipinski definition) is 2. The molecule has 6 nitrogen and oxygen atoms in total. The van der Waals surface area contributed by atoms with Crippen molar-refractivity contribution in [2.75, 3.05) is 11.9 Å². The molecular weight excluding hydrogens is 268 g/mol. The molecule has 0 aliphatic rings. The van der Waals surface area contributed by atoms with Gasteiger partial charge >= 0.3 is 6.09 Å². The van der Waals surface area contributed by atoms with E-state index in [4.69, 9.17) is 9.88 Å². The molecule has 0 saturated carbocycles. The third-order valence-electron chi connectivity index (χ3n) is 2.38. The fraction of sp³-hybridized carbons (Fsp3) is 0.417. The summed E-state index contributed by atoms with van der Waals surface area (Å²) in [6, 6.07) is 4.47. The van der Waals surface area contributed by atoms with E-state index in [1.807, 2.05) is 13.8 Å². The van der Waals surface area contributed by atoms with Gasteiger partial charge < -0.3 is 4.74 Å². The lowest BCUT2D eigenvalue weighted by Gasteiger charge is -2.12. The molecule has 0 unspecified atom stereocenters. The number of sulfonamides is 1. The molecule has 0 saturated heterocycles. The number of hydrogen-bond acceptors (Lipinski definition) is 4. The molecule has 0 fully saturated rings. The van der Waals surface area contributed by atoms with E-state index < -0.39 is 16.1 Å². The largest absolute Gasteiger partial charge is 0.449 e. The number of nitrogens with two attached hydrogens (primary N) is 1. The van der Waals surface area contributed by atoms with Crippen LogP contribution in [0.3, 0.4) is 0 Å². The Morgan fingerprint density at radius 3 is 2.58 bits per heavy atom. The molecule has 0 aliphatic carbocycles. The molecular formula is C12H18N2O4S. The first kappa shape index (κ1) is 15.5. The number of benzene rings is 1. The summed E-state index contributed by atoms with van der Waals surface area (Å²) in [5.41, 5.74) is 0.742. The van der Waals surface area contributed by atoms with Crippen molar-refractivity contribution in [1.29, 1.82) is 0 Å². The second kappa shape index (κ2) is 6.03. The van der Waals surface area contributed by atoms with Gasteiger partial charge in [-0.1, -0.05) is 19.9 Å². The monoisotopic (exact) mass is 286 g/mol. The highest BCUT2D eigenvalue weighted by Gasteiger charge is 2.15. The highest BCUT2D eigenvalue weighted by molar-refractivity contribution is 7.89. The van der Waals surface area contributed by atoms with Crippen molar-refractivity contribution in [3.63, 3.8) is 0 Å². The van der Waals surface area contributed by atoms with Crippen molar-refractivity contribution < 1.29 is 17.9 Å². The molecule has 106 valence electrons. The molecule has 1 aromatic carbocycles. The molecule has 0 heterocycles. The average molecular weight is 286 g/mol. The molecule has 0 atom stereocenters. The number of anilines is 1. The minimum Gasteiger partial charge on any atom is -0.449 e. The van der Waals surface area contributed by atoms with Crippen LogP contribution in [0.25, 0.3) is 0 Å². The first-order valence-corrected chi connectivity index (χ1v) is 7.32. The van der Waals surface area contributed by atoms with Crippen LogP contribution in [0, 0.1) is 12.8 Å². The molecule has 1 aromatic rings.